The molecule has 0 aliphatic carbocycles. The zero-order valence-electron chi connectivity index (χ0n) is 22.2. The number of unbranched alkanes of at least 4 members (excludes halogenated alkanes) is 8. The van der Waals surface area contributed by atoms with Gasteiger partial charge in [0.2, 0.25) is 11.8 Å². The van der Waals surface area contributed by atoms with Crippen LogP contribution >= 0.6 is 0 Å². The summed E-state index contributed by atoms with van der Waals surface area (Å²) in [5, 5.41) is 82.4. The Morgan fingerprint density at radius 3 is 1.10 bits per heavy atom. The first-order valence-corrected chi connectivity index (χ1v) is 13.8. The van der Waals surface area contributed by atoms with Crippen LogP contribution in [0.2, 0.25) is 0 Å². The van der Waals surface area contributed by atoms with Gasteiger partial charge in [0, 0.05) is 12.8 Å². The van der Waals surface area contributed by atoms with Crippen molar-refractivity contribution in [2.45, 2.75) is 132 Å². The molecule has 0 radical (unpaired) electrons. The highest BCUT2D eigenvalue weighted by atomic mass is 16.6. The van der Waals surface area contributed by atoms with Gasteiger partial charge in [-0.25, -0.2) is 0 Å². The molecule has 39 heavy (non-hydrogen) atoms. The Morgan fingerprint density at radius 1 is 0.487 bits per heavy atom. The maximum Gasteiger partial charge on any atom is 0.222 e. The second-order valence-electron chi connectivity index (χ2n) is 10.3. The monoisotopic (exact) mass is 566 g/mol. The molecule has 14 heteroatoms. The molecule has 2 aliphatic heterocycles. The largest absolute Gasteiger partial charge is 0.394 e. The first kappa shape index (κ1) is 33.7. The van der Waals surface area contributed by atoms with Crippen molar-refractivity contribution in [2.24, 2.45) is 0 Å². The van der Waals surface area contributed by atoms with Gasteiger partial charge in [0.1, 0.15) is 48.8 Å². The maximum atomic E-state index is 12.1. The van der Waals surface area contributed by atoms with E-state index in [0.717, 1.165) is 44.9 Å². The molecule has 2 rings (SSSR count). The number of ether oxygens (including phenoxy) is 2. The molecule has 228 valence electrons. The third-order valence-corrected chi connectivity index (χ3v) is 7.20. The van der Waals surface area contributed by atoms with Gasteiger partial charge in [0.25, 0.3) is 0 Å². The van der Waals surface area contributed by atoms with Crippen molar-refractivity contribution in [3.05, 3.63) is 0 Å². The minimum Gasteiger partial charge on any atom is -0.394 e. The van der Waals surface area contributed by atoms with Gasteiger partial charge in [0.15, 0.2) is 12.5 Å². The summed E-state index contributed by atoms with van der Waals surface area (Å²) in [6, 6.07) is 0. The Morgan fingerprint density at radius 2 is 0.795 bits per heavy atom. The highest BCUT2D eigenvalue weighted by Crippen LogP contribution is 2.21. The summed E-state index contributed by atoms with van der Waals surface area (Å²) in [6.07, 6.45) is -5.17. The quantitative estimate of drug-likeness (QED) is 0.0847. The summed E-state index contributed by atoms with van der Waals surface area (Å²) < 4.78 is 10.5. The number of aliphatic hydroxyl groups excluding tert-OH is 8. The summed E-state index contributed by atoms with van der Waals surface area (Å²) >= 11 is 0. The van der Waals surface area contributed by atoms with E-state index in [0.29, 0.717) is 12.8 Å². The predicted octanol–water partition coefficient (Wildman–Crippen LogP) is -2.89. The molecule has 0 bridgehead atoms. The van der Waals surface area contributed by atoms with Gasteiger partial charge in [-0.15, -0.1) is 0 Å². The minimum absolute atomic E-state index is 0.222. The zero-order chi connectivity index (χ0) is 28.9. The van der Waals surface area contributed by atoms with Crippen molar-refractivity contribution >= 4 is 11.8 Å². The fraction of sp³-hybridized carbons (Fsp3) is 0.920. The summed E-state index contributed by atoms with van der Waals surface area (Å²) in [7, 11) is 0. The number of amides is 2. The van der Waals surface area contributed by atoms with Crippen LogP contribution in [0.25, 0.3) is 0 Å². The highest BCUT2D eigenvalue weighted by Gasteiger charge is 2.45. The fourth-order valence-electron chi connectivity index (χ4n) is 4.71. The molecule has 10 N–H and O–H groups in total. The lowest BCUT2D eigenvalue weighted by molar-refractivity contribution is -0.236. The van der Waals surface area contributed by atoms with E-state index >= 15 is 0 Å². The molecule has 10 atom stereocenters. The Kier molecular flexibility index (Phi) is 15.0. The normalized spacial score (nSPS) is 35.0. The Balaban J connectivity index is 1.46. The molecule has 2 fully saturated rings. The second-order valence-corrected chi connectivity index (χ2v) is 10.3. The summed E-state index contributed by atoms with van der Waals surface area (Å²) in [5.41, 5.74) is 0. The molecular formula is C25H46N2O12. The number of hydrogen-bond donors (Lipinski definition) is 10. The first-order valence-electron chi connectivity index (χ1n) is 13.8. The van der Waals surface area contributed by atoms with Gasteiger partial charge < -0.3 is 61.0 Å². The number of rotatable bonds is 16. The maximum absolute atomic E-state index is 12.1. The summed E-state index contributed by atoms with van der Waals surface area (Å²) in [5.74, 6) is -0.704. The number of carbonyl (C=O) groups is 2. The molecule has 2 saturated heterocycles. The van der Waals surface area contributed by atoms with E-state index in [1.54, 1.807) is 0 Å². The molecule has 2 heterocycles. The van der Waals surface area contributed by atoms with Crippen LogP contribution in [0.1, 0.15) is 70.6 Å². The molecule has 0 spiro atoms. The molecule has 0 unspecified atom stereocenters. The van der Waals surface area contributed by atoms with E-state index in [4.69, 9.17) is 9.47 Å². The van der Waals surface area contributed by atoms with Crippen LogP contribution < -0.4 is 10.6 Å². The van der Waals surface area contributed by atoms with E-state index in [1.807, 2.05) is 0 Å². The van der Waals surface area contributed by atoms with Crippen LogP contribution in [0.4, 0.5) is 0 Å². The van der Waals surface area contributed by atoms with Crippen LogP contribution in [0, 0.1) is 0 Å². The van der Waals surface area contributed by atoms with E-state index in [2.05, 4.69) is 10.6 Å². The third kappa shape index (κ3) is 10.5. The number of nitrogens with one attached hydrogen (secondary N) is 2. The molecule has 2 amide bonds. The lowest BCUT2D eigenvalue weighted by Gasteiger charge is -2.40. The molecule has 0 aromatic heterocycles. The summed E-state index contributed by atoms with van der Waals surface area (Å²) in [6.45, 7) is -1.11. The van der Waals surface area contributed by atoms with Crippen LogP contribution in [-0.4, -0.2) is 127 Å². The molecule has 2 aliphatic rings. The van der Waals surface area contributed by atoms with Gasteiger partial charge >= 0.3 is 0 Å². The van der Waals surface area contributed by atoms with Crippen LogP contribution in [0.5, 0.6) is 0 Å². The summed E-state index contributed by atoms with van der Waals surface area (Å²) in [4.78, 5) is 24.2. The van der Waals surface area contributed by atoms with Gasteiger partial charge in [0.05, 0.1) is 13.2 Å². The van der Waals surface area contributed by atoms with Gasteiger partial charge in [-0.05, 0) is 12.8 Å². The van der Waals surface area contributed by atoms with Crippen molar-refractivity contribution in [1.29, 1.82) is 0 Å². The minimum atomic E-state index is -1.53. The van der Waals surface area contributed by atoms with Gasteiger partial charge in [-0.2, -0.15) is 0 Å². The van der Waals surface area contributed by atoms with E-state index in [1.165, 1.54) is 0 Å². The second kappa shape index (κ2) is 17.4. The number of carbonyl (C=O) groups excluding carboxylic acids is 2. The SMILES string of the molecule is O=C(CCCCCCCCCCCC(=O)N[C@H]1O[C@@H](CO)[C@H](O)[C@@H](O)[C@@H]1O)N[C@@H]1O[C@H](CO)[C@@H](O)[C@H](O)[C@H]1O. The van der Waals surface area contributed by atoms with Crippen molar-refractivity contribution in [3.63, 3.8) is 0 Å². The van der Waals surface area contributed by atoms with Crippen molar-refractivity contribution in [2.75, 3.05) is 13.2 Å². The van der Waals surface area contributed by atoms with Crippen LogP contribution in [0.3, 0.4) is 0 Å². The average Bonchev–Trinajstić information content (AvgIpc) is 2.92. The van der Waals surface area contributed by atoms with Gasteiger partial charge in [-0.3, -0.25) is 9.59 Å². The van der Waals surface area contributed by atoms with Crippen molar-refractivity contribution in [3.8, 4) is 0 Å². The Bertz CT molecular complexity index is 669. The standard InChI is InChI=1S/C25H46N2O12/c28-12-14-18(32)20(34)22(36)24(38-14)26-16(30)10-8-6-4-2-1-3-5-7-9-11-17(31)27-25-23(37)21(35)19(33)15(13-29)39-25/h14-15,18-25,28-29,32-37H,1-13H2,(H,26,30)(H,27,31)/t14-,15+,18-,19+,20+,21-,22-,23+,24-,25+. The lowest BCUT2D eigenvalue weighted by Crippen LogP contribution is -2.63. The lowest BCUT2D eigenvalue weighted by atomic mass is 9.98. The molecule has 14 nitrogen and oxygen atoms in total. The Labute approximate surface area is 227 Å². The Hall–Kier alpha value is -1.46. The average molecular weight is 567 g/mol. The van der Waals surface area contributed by atoms with E-state index < -0.39 is 74.5 Å². The van der Waals surface area contributed by atoms with Crippen LogP contribution in [0.15, 0.2) is 0 Å². The van der Waals surface area contributed by atoms with E-state index in [-0.39, 0.29) is 24.7 Å². The topological polar surface area (TPSA) is 238 Å². The zero-order valence-corrected chi connectivity index (χ0v) is 22.2. The first-order chi connectivity index (χ1) is 18.6. The van der Waals surface area contributed by atoms with E-state index in [9.17, 15) is 50.4 Å². The third-order valence-electron chi connectivity index (χ3n) is 7.20. The highest BCUT2D eigenvalue weighted by molar-refractivity contribution is 5.76. The molecule has 0 aromatic rings. The smallest absolute Gasteiger partial charge is 0.222 e. The van der Waals surface area contributed by atoms with Gasteiger partial charge in [-0.1, -0.05) is 44.9 Å². The predicted molar refractivity (Wildman–Crippen MR) is 135 cm³/mol. The number of aliphatic hydroxyl groups is 8. The molecule has 0 saturated carbocycles. The van der Waals surface area contributed by atoms with Crippen molar-refractivity contribution < 1.29 is 59.9 Å². The number of hydrogen-bond acceptors (Lipinski definition) is 12. The molecule has 0 aromatic carbocycles. The van der Waals surface area contributed by atoms with Crippen LogP contribution in [-0.2, 0) is 19.1 Å². The molecular weight excluding hydrogens is 520 g/mol. The fourth-order valence-corrected chi connectivity index (χ4v) is 4.71. The van der Waals surface area contributed by atoms with Crippen molar-refractivity contribution in [1.82, 2.24) is 10.6 Å².